The van der Waals surface area contributed by atoms with Crippen molar-refractivity contribution in [1.82, 2.24) is 0 Å². The van der Waals surface area contributed by atoms with Crippen LogP contribution in [0.4, 0.5) is 0 Å². The molecule has 0 aliphatic rings. The maximum absolute atomic E-state index is 12.0. The van der Waals surface area contributed by atoms with Gasteiger partial charge in [0.25, 0.3) is 0 Å². The standard InChI is InChI=1S/C16H24O4/c1-11(2)19-15-7-6-13(14(17)8-9-18-5)10-16(15)20-12(3)4/h6-7,10-12H,8-9H2,1-5H3. The molecule has 0 saturated heterocycles. The molecule has 4 heteroatoms. The van der Waals surface area contributed by atoms with Crippen LogP contribution in [0.5, 0.6) is 11.5 Å². The third-order valence-corrected chi connectivity index (χ3v) is 2.52. The summed E-state index contributed by atoms with van der Waals surface area (Å²) in [6.07, 6.45) is 0.440. The van der Waals surface area contributed by atoms with Crippen LogP contribution in [-0.2, 0) is 4.74 Å². The molecule has 0 saturated carbocycles. The van der Waals surface area contributed by atoms with Gasteiger partial charge in [-0.1, -0.05) is 0 Å². The van der Waals surface area contributed by atoms with E-state index in [-0.39, 0.29) is 18.0 Å². The van der Waals surface area contributed by atoms with Crippen molar-refractivity contribution < 1.29 is 19.0 Å². The van der Waals surface area contributed by atoms with E-state index in [4.69, 9.17) is 14.2 Å². The number of methoxy groups -OCH3 is 1. The third-order valence-electron chi connectivity index (χ3n) is 2.52. The van der Waals surface area contributed by atoms with Gasteiger partial charge in [0.05, 0.1) is 18.8 Å². The zero-order valence-corrected chi connectivity index (χ0v) is 12.9. The van der Waals surface area contributed by atoms with Gasteiger partial charge in [-0.05, 0) is 45.9 Å². The number of hydrogen-bond acceptors (Lipinski definition) is 4. The van der Waals surface area contributed by atoms with Gasteiger partial charge in [0, 0.05) is 19.1 Å². The van der Waals surface area contributed by atoms with E-state index in [9.17, 15) is 4.79 Å². The lowest BCUT2D eigenvalue weighted by molar-refractivity contribution is 0.0931. The predicted molar refractivity (Wildman–Crippen MR) is 78.8 cm³/mol. The average Bonchev–Trinajstić information content (AvgIpc) is 2.36. The molecule has 4 nitrogen and oxygen atoms in total. The van der Waals surface area contributed by atoms with Crippen LogP contribution in [0, 0.1) is 0 Å². The van der Waals surface area contributed by atoms with Crippen molar-refractivity contribution in [2.24, 2.45) is 0 Å². The molecule has 0 aliphatic carbocycles. The van der Waals surface area contributed by atoms with Gasteiger partial charge in [-0.25, -0.2) is 0 Å². The molecule has 0 aliphatic heterocycles. The van der Waals surface area contributed by atoms with E-state index in [1.54, 1.807) is 25.3 Å². The van der Waals surface area contributed by atoms with Crippen LogP contribution in [0.25, 0.3) is 0 Å². The number of carbonyl (C=O) groups is 1. The van der Waals surface area contributed by atoms with Gasteiger partial charge in [-0.2, -0.15) is 0 Å². The first kappa shape index (κ1) is 16.5. The number of rotatable bonds is 8. The number of Topliss-reactive ketones (excluding diaryl/α,β-unsaturated/α-hetero) is 1. The second-order valence-corrected chi connectivity index (χ2v) is 5.16. The molecule has 0 atom stereocenters. The Hall–Kier alpha value is -1.55. The van der Waals surface area contributed by atoms with Crippen LogP contribution in [0.2, 0.25) is 0 Å². The van der Waals surface area contributed by atoms with E-state index >= 15 is 0 Å². The van der Waals surface area contributed by atoms with E-state index in [1.165, 1.54) is 0 Å². The Morgan fingerprint density at radius 1 is 1.05 bits per heavy atom. The lowest BCUT2D eigenvalue weighted by atomic mass is 10.1. The maximum atomic E-state index is 12.0. The molecule has 0 bridgehead atoms. The number of carbonyl (C=O) groups excluding carboxylic acids is 1. The van der Waals surface area contributed by atoms with E-state index in [0.29, 0.717) is 30.1 Å². The molecule has 112 valence electrons. The molecule has 0 fully saturated rings. The van der Waals surface area contributed by atoms with Crippen LogP contribution in [0.3, 0.4) is 0 Å². The topological polar surface area (TPSA) is 44.8 Å². The minimum atomic E-state index is 0.0221. The van der Waals surface area contributed by atoms with Crippen LogP contribution in [-0.4, -0.2) is 31.7 Å². The molecule has 20 heavy (non-hydrogen) atoms. The predicted octanol–water partition coefficient (Wildman–Crippen LogP) is 3.48. The number of hydrogen-bond donors (Lipinski definition) is 0. The van der Waals surface area contributed by atoms with Crippen molar-refractivity contribution in [1.29, 1.82) is 0 Å². The first-order valence-electron chi connectivity index (χ1n) is 6.93. The summed E-state index contributed by atoms with van der Waals surface area (Å²) in [5.74, 6) is 1.31. The average molecular weight is 280 g/mol. The molecule has 0 heterocycles. The largest absolute Gasteiger partial charge is 0.487 e. The number of benzene rings is 1. The fourth-order valence-electron chi connectivity index (χ4n) is 1.72. The summed E-state index contributed by atoms with van der Waals surface area (Å²) < 4.78 is 16.4. The smallest absolute Gasteiger partial charge is 0.165 e. The minimum Gasteiger partial charge on any atom is -0.487 e. The first-order chi connectivity index (χ1) is 9.43. The van der Waals surface area contributed by atoms with Crippen LogP contribution >= 0.6 is 0 Å². The summed E-state index contributed by atoms with van der Waals surface area (Å²) in [5.41, 5.74) is 0.619. The molecule has 0 unspecified atom stereocenters. The van der Waals surface area contributed by atoms with Crippen molar-refractivity contribution in [2.75, 3.05) is 13.7 Å². The highest BCUT2D eigenvalue weighted by molar-refractivity contribution is 5.96. The first-order valence-corrected chi connectivity index (χ1v) is 6.93. The summed E-state index contributed by atoms with van der Waals surface area (Å²) in [5, 5.41) is 0. The zero-order chi connectivity index (χ0) is 15.1. The molecular formula is C16H24O4. The summed E-state index contributed by atoms with van der Waals surface area (Å²) in [4.78, 5) is 12.0. The van der Waals surface area contributed by atoms with Gasteiger partial charge in [0.2, 0.25) is 0 Å². The van der Waals surface area contributed by atoms with Crippen molar-refractivity contribution in [3.8, 4) is 11.5 Å². The maximum Gasteiger partial charge on any atom is 0.165 e. The van der Waals surface area contributed by atoms with Gasteiger partial charge in [0.15, 0.2) is 17.3 Å². The van der Waals surface area contributed by atoms with Gasteiger partial charge in [-0.15, -0.1) is 0 Å². The second-order valence-electron chi connectivity index (χ2n) is 5.16. The lowest BCUT2D eigenvalue weighted by Gasteiger charge is -2.17. The van der Waals surface area contributed by atoms with Crippen LogP contribution in [0.1, 0.15) is 44.5 Å². The molecule has 0 N–H and O–H groups in total. The van der Waals surface area contributed by atoms with Crippen LogP contribution in [0.15, 0.2) is 18.2 Å². The highest BCUT2D eigenvalue weighted by Crippen LogP contribution is 2.30. The van der Waals surface area contributed by atoms with E-state index in [2.05, 4.69) is 0 Å². The van der Waals surface area contributed by atoms with Gasteiger partial charge in [0.1, 0.15) is 0 Å². The highest BCUT2D eigenvalue weighted by atomic mass is 16.5. The van der Waals surface area contributed by atoms with Gasteiger partial charge in [-0.3, -0.25) is 4.79 Å². The Morgan fingerprint density at radius 3 is 2.20 bits per heavy atom. The number of ether oxygens (including phenoxy) is 3. The van der Waals surface area contributed by atoms with E-state index in [1.807, 2.05) is 27.7 Å². The van der Waals surface area contributed by atoms with Crippen molar-refractivity contribution in [3.05, 3.63) is 23.8 Å². The molecule has 1 aromatic rings. The van der Waals surface area contributed by atoms with Gasteiger partial charge < -0.3 is 14.2 Å². The highest BCUT2D eigenvalue weighted by Gasteiger charge is 2.13. The summed E-state index contributed by atoms with van der Waals surface area (Å²) >= 11 is 0. The lowest BCUT2D eigenvalue weighted by Crippen LogP contribution is -2.12. The molecular weight excluding hydrogens is 256 g/mol. The molecule has 1 aromatic carbocycles. The van der Waals surface area contributed by atoms with Crippen LogP contribution < -0.4 is 9.47 Å². The molecule has 1 rings (SSSR count). The normalized spacial score (nSPS) is 10.9. The Morgan fingerprint density at radius 2 is 1.65 bits per heavy atom. The van der Waals surface area contributed by atoms with Gasteiger partial charge >= 0.3 is 0 Å². The number of ketones is 1. The molecule has 0 spiro atoms. The van der Waals surface area contributed by atoms with E-state index in [0.717, 1.165) is 0 Å². The molecule has 0 aromatic heterocycles. The summed E-state index contributed by atoms with van der Waals surface area (Å²) in [6.45, 7) is 8.22. The fourth-order valence-corrected chi connectivity index (χ4v) is 1.72. The summed E-state index contributed by atoms with van der Waals surface area (Å²) in [6, 6.07) is 5.30. The monoisotopic (exact) mass is 280 g/mol. The third kappa shape index (κ3) is 5.21. The molecule has 0 amide bonds. The van der Waals surface area contributed by atoms with Crippen molar-refractivity contribution in [3.63, 3.8) is 0 Å². The van der Waals surface area contributed by atoms with Crippen molar-refractivity contribution in [2.45, 2.75) is 46.3 Å². The molecule has 0 radical (unpaired) electrons. The van der Waals surface area contributed by atoms with E-state index < -0.39 is 0 Å². The Labute approximate surface area is 121 Å². The second kappa shape index (κ2) is 7.90. The SMILES string of the molecule is COCCC(=O)c1ccc(OC(C)C)c(OC(C)C)c1. The Balaban J connectivity index is 2.97. The Bertz CT molecular complexity index is 438. The van der Waals surface area contributed by atoms with Crippen molar-refractivity contribution >= 4 is 5.78 Å². The quantitative estimate of drug-likeness (QED) is 0.684. The Kier molecular flexibility index (Phi) is 6.52. The summed E-state index contributed by atoms with van der Waals surface area (Å²) in [7, 11) is 1.58. The zero-order valence-electron chi connectivity index (χ0n) is 12.9. The minimum absolute atomic E-state index is 0.0221. The fraction of sp³-hybridized carbons (Fsp3) is 0.562.